The predicted molar refractivity (Wildman–Crippen MR) is 87.7 cm³/mol. The second-order valence-electron chi connectivity index (χ2n) is 5.39. The zero-order valence-electron chi connectivity index (χ0n) is 13.7. The number of nitriles is 1. The molecule has 28 heavy (non-hydrogen) atoms. The maximum atomic E-state index is 11.0. The minimum absolute atomic E-state index is 0.0133. The number of aliphatic carboxylic acids is 1. The highest BCUT2D eigenvalue weighted by molar-refractivity contribution is 5.88. The first-order chi connectivity index (χ1) is 13.0. The van der Waals surface area contributed by atoms with Gasteiger partial charge in [-0.15, -0.1) is 0 Å². The van der Waals surface area contributed by atoms with Crippen molar-refractivity contribution >= 4 is 23.4 Å². The molecule has 0 fully saturated rings. The molecule has 1 aliphatic heterocycles. The molecule has 9 nitrogen and oxygen atoms in total. The quantitative estimate of drug-likeness (QED) is 0.480. The van der Waals surface area contributed by atoms with Gasteiger partial charge in [-0.2, -0.15) is 23.4 Å². The summed E-state index contributed by atoms with van der Waals surface area (Å²) >= 11 is 0. The number of carbonyl (C=O) groups is 2. The van der Waals surface area contributed by atoms with Crippen LogP contribution in [0.5, 0.6) is 11.6 Å². The molecule has 0 spiro atoms. The fourth-order valence-electron chi connectivity index (χ4n) is 2.25. The van der Waals surface area contributed by atoms with Gasteiger partial charge in [0.1, 0.15) is 23.2 Å². The van der Waals surface area contributed by atoms with E-state index in [4.69, 9.17) is 36.5 Å². The Morgan fingerprint density at radius 1 is 1.25 bits per heavy atom. The Labute approximate surface area is 154 Å². The molecular weight excluding hydrogens is 385 g/mol. The van der Waals surface area contributed by atoms with E-state index >= 15 is 0 Å². The Balaban J connectivity index is 0.000000345. The molecule has 1 aromatic carbocycles. The molecule has 2 heterocycles. The highest BCUT2D eigenvalue weighted by Gasteiger charge is 2.38. The van der Waals surface area contributed by atoms with Crippen LogP contribution < -0.4 is 16.2 Å². The van der Waals surface area contributed by atoms with E-state index in [1.54, 1.807) is 6.07 Å². The van der Waals surface area contributed by atoms with Crippen molar-refractivity contribution in [2.45, 2.75) is 12.6 Å². The second kappa shape index (κ2) is 7.31. The number of carboxylic acids is 2. The molecule has 0 radical (unpaired) electrons. The zero-order chi connectivity index (χ0) is 21.2. The molecule has 3 rings (SSSR count). The van der Waals surface area contributed by atoms with Crippen LogP contribution in [0.1, 0.15) is 27.0 Å². The second-order valence-corrected chi connectivity index (χ2v) is 5.39. The minimum atomic E-state index is -5.08. The molecule has 0 atom stereocenters. The summed E-state index contributed by atoms with van der Waals surface area (Å²) in [5, 5.41) is 25.2. The summed E-state index contributed by atoms with van der Waals surface area (Å²) in [6.07, 6.45) is -4.75. The summed E-state index contributed by atoms with van der Waals surface area (Å²) in [5.41, 5.74) is 13.3. The van der Waals surface area contributed by atoms with Crippen LogP contribution in [0, 0.1) is 11.3 Å². The van der Waals surface area contributed by atoms with E-state index in [1.807, 2.05) is 6.07 Å². The highest BCUT2D eigenvalue weighted by Crippen LogP contribution is 2.40. The molecule has 0 aliphatic carbocycles. The Morgan fingerprint density at radius 3 is 2.36 bits per heavy atom. The molecule has 0 saturated heterocycles. The number of anilines is 2. The van der Waals surface area contributed by atoms with Gasteiger partial charge in [0, 0.05) is 17.5 Å². The number of halogens is 3. The van der Waals surface area contributed by atoms with E-state index in [0.717, 1.165) is 0 Å². The number of hydrogen-bond acceptors (Lipinski definition) is 7. The first-order valence-corrected chi connectivity index (χ1v) is 7.27. The van der Waals surface area contributed by atoms with Gasteiger partial charge in [0.2, 0.25) is 5.88 Å². The normalized spacial score (nSPS) is 11.6. The number of carboxylic acid groups (broad SMARTS) is 2. The van der Waals surface area contributed by atoms with E-state index < -0.39 is 18.1 Å². The highest BCUT2D eigenvalue weighted by atomic mass is 19.4. The zero-order valence-corrected chi connectivity index (χ0v) is 13.7. The van der Waals surface area contributed by atoms with Crippen molar-refractivity contribution in [1.82, 2.24) is 4.98 Å². The third kappa shape index (κ3) is 4.04. The summed E-state index contributed by atoms with van der Waals surface area (Å²) < 4.78 is 37.3. The van der Waals surface area contributed by atoms with Gasteiger partial charge >= 0.3 is 18.1 Å². The molecule has 0 bridgehead atoms. The maximum absolute atomic E-state index is 11.0. The SMILES string of the molecule is N#Cc1c(N)nc2c(c1N)Cc1cc(C(=O)O)ccc1O2.O=C(O)C(F)(F)F. The van der Waals surface area contributed by atoms with Gasteiger partial charge in [-0.05, 0) is 18.2 Å². The lowest BCUT2D eigenvalue weighted by Crippen LogP contribution is -2.21. The van der Waals surface area contributed by atoms with Gasteiger partial charge in [0.05, 0.1) is 11.3 Å². The van der Waals surface area contributed by atoms with Crippen LogP contribution in [0.4, 0.5) is 24.7 Å². The van der Waals surface area contributed by atoms with Crippen LogP contribution in [0.15, 0.2) is 18.2 Å². The number of alkyl halides is 3. The molecule has 0 unspecified atom stereocenters. The predicted octanol–water partition coefficient (Wildman–Crippen LogP) is 2.15. The van der Waals surface area contributed by atoms with Crippen molar-refractivity contribution < 1.29 is 37.7 Å². The van der Waals surface area contributed by atoms with E-state index in [9.17, 15) is 18.0 Å². The fourth-order valence-corrected chi connectivity index (χ4v) is 2.25. The summed E-state index contributed by atoms with van der Waals surface area (Å²) in [4.78, 5) is 23.9. The average molecular weight is 396 g/mol. The molecule has 2 aromatic rings. The van der Waals surface area contributed by atoms with Gasteiger partial charge in [-0.3, -0.25) is 0 Å². The van der Waals surface area contributed by atoms with Crippen molar-refractivity contribution in [3.8, 4) is 17.7 Å². The summed E-state index contributed by atoms with van der Waals surface area (Å²) in [6, 6.07) is 6.43. The van der Waals surface area contributed by atoms with E-state index in [1.165, 1.54) is 12.1 Å². The molecule has 146 valence electrons. The molecule has 0 saturated carbocycles. The third-order valence-electron chi connectivity index (χ3n) is 3.57. The third-order valence-corrected chi connectivity index (χ3v) is 3.57. The van der Waals surface area contributed by atoms with Gasteiger partial charge in [-0.25, -0.2) is 9.59 Å². The topological polar surface area (TPSA) is 173 Å². The lowest BCUT2D eigenvalue weighted by Gasteiger charge is -2.21. The summed E-state index contributed by atoms with van der Waals surface area (Å²) in [6.45, 7) is 0. The van der Waals surface area contributed by atoms with Crippen LogP contribution in [0.3, 0.4) is 0 Å². The van der Waals surface area contributed by atoms with Gasteiger partial charge in [-0.1, -0.05) is 0 Å². The molecule has 0 amide bonds. The largest absolute Gasteiger partial charge is 0.490 e. The molecular formula is C16H11F3N4O5. The van der Waals surface area contributed by atoms with Gasteiger partial charge < -0.3 is 26.4 Å². The molecule has 1 aliphatic rings. The lowest BCUT2D eigenvalue weighted by molar-refractivity contribution is -0.192. The van der Waals surface area contributed by atoms with Crippen molar-refractivity contribution in [2.24, 2.45) is 0 Å². The maximum Gasteiger partial charge on any atom is 0.490 e. The number of nitrogens with two attached hydrogens (primary N) is 2. The summed E-state index contributed by atoms with van der Waals surface area (Å²) in [7, 11) is 0. The Bertz CT molecular complexity index is 1010. The van der Waals surface area contributed by atoms with Crippen LogP contribution in [0.2, 0.25) is 0 Å². The first-order valence-electron chi connectivity index (χ1n) is 7.27. The van der Waals surface area contributed by atoms with Crippen LogP contribution in [-0.4, -0.2) is 33.3 Å². The Kier molecular flexibility index (Phi) is 5.30. The Morgan fingerprint density at radius 2 is 1.86 bits per heavy atom. The number of pyridine rings is 1. The van der Waals surface area contributed by atoms with Crippen LogP contribution in [0.25, 0.3) is 0 Å². The number of aromatic carboxylic acids is 1. The number of aromatic nitrogens is 1. The number of ether oxygens (including phenoxy) is 1. The number of nitrogen functional groups attached to an aromatic ring is 2. The molecule has 12 heteroatoms. The number of nitrogens with zero attached hydrogens (tertiary/aromatic N) is 2. The van der Waals surface area contributed by atoms with Crippen molar-refractivity contribution in [1.29, 1.82) is 5.26 Å². The van der Waals surface area contributed by atoms with Crippen LogP contribution in [-0.2, 0) is 11.2 Å². The smallest absolute Gasteiger partial charge is 0.478 e. The number of rotatable bonds is 1. The molecule has 6 N–H and O–H groups in total. The fraction of sp³-hybridized carbons (Fsp3) is 0.125. The average Bonchev–Trinajstić information content (AvgIpc) is 2.60. The number of fused-ring (bicyclic) bond motifs is 2. The standard InChI is InChI=1S/C14H10N4O3.C2HF3O2/c15-5-9-11(16)8-4-7-3-6(14(19)20)1-2-10(7)21-13(8)18-12(9)17;3-2(4,5)1(6)7/h1-3H,4H2,(H,19,20)(H4,16,17,18);(H,6,7). The Hall–Kier alpha value is -4.01. The number of benzene rings is 1. The van der Waals surface area contributed by atoms with E-state index in [0.29, 0.717) is 23.3 Å². The van der Waals surface area contributed by atoms with E-state index in [2.05, 4.69) is 4.98 Å². The van der Waals surface area contributed by atoms with Crippen LogP contribution >= 0.6 is 0 Å². The first kappa shape index (κ1) is 20.3. The van der Waals surface area contributed by atoms with Gasteiger partial charge in [0.25, 0.3) is 0 Å². The monoisotopic (exact) mass is 396 g/mol. The van der Waals surface area contributed by atoms with Gasteiger partial charge in [0.15, 0.2) is 0 Å². The molecule has 1 aromatic heterocycles. The van der Waals surface area contributed by atoms with E-state index in [-0.39, 0.29) is 28.5 Å². The minimum Gasteiger partial charge on any atom is -0.478 e. The van der Waals surface area contributed by atoms with Crippen molar-refractivity contribution in [3.63, 3.8) is 0 Å². The number of hydrogen-bond donors (Lipinski definition) is 4. The lowest BCUT2D eigenvalue weighted by atomic mass is 9.97. The van der Waals surface area contributed by atoms with Crippen molar-refractivity contribution in [3.05, 3.63) is 40.5 Å². The van der Waals surface area contributed by atoms with Crippen molar-refractivity contribution in [2.75, 3.05) is 11.5 Å². The summed E-state index contributed by atoms with van der Waals surface area (Å²) in [5.74, 6) is -3.01.